The number of benzene rings is 1. The van der Waals surface area contributed by atoms with Crippen LogP contribution in [-0.2, 0) is 28.7 Å². The van der Waals surface area contributed by atoms with E-state index in [1.54, 1.807) is 35.6 Å². The van der Waals surface area contributed by atoms with Crippen molar-refractivity contribution in [2.24, 2.45) is 0 Å². The van der Waals surface area contributed by atoms with Gasteiger partial charge in [-0.2, -0.15) is 16.1 Å². The molecule has 9 heteroatoms. The second-order valence-electron chi connectivity index (χ2n) is 7.49. The van der Waals surface area contributed by atoms with Gasteiger partial charge in [0.2, 0.25) is 10.0 Å². The minimum absolute atomic E-state index is 0.0852. The highest BCUT2D eigenvalue weighted by atomic mass is 32.2. The molecule has 32 heavy (non-hydrogen) atoms. The summed E-state index contributed by atoms with van der Waals surface area (Å²) in [5, 5.41) is 4.00. The number of sulfonamides is 1. The maximum absolute atomic E-state index is 13.2. The fourth-order valence-corrected chi connectivity index (χ4v) is 7.77. The third-order valence-electron chi connectivity index (χ3n) is 5.59. The molecule has 170 valence electrons. The minimum atomic E-state index is -3.48. The maximum Gasteiger partial charge on any atom is 0.254 e. The average Bonchev–Trinajstić information content (AvgIpc) is 3.46. The van der Waals surface area contributed by atoms with E-state index in [9.17, 15) is 13.2 Å². The molecule has 0 unspecified atom stereocenters. The first-order chi connectivity index (χ1) is 15.5. The highest BCUT2D eigenvalue weighted by Gasteiger charge is 2.26. The molecule has 0 aliphatic carbocycles. The van der Waals surface area contributed by atoms with Crippen LogP contribution in [0, 0.1) is 0 Å². The Kier molecular flexibility index (Phi) is 7.09. The number of carbonyl (C=O) groups is 1. The van der Waals surface area contributed by atoms with Crippen LogP contribution in [0.5, 0.6) is 0 Å². The Bertz CT molecular complexity index is 1180. The summed E-state index contributed by atoms with van der Waals surface area (Å²) >= 11 is 3.60. The summed E-state index contributed by atoms with van der Waals surface area (Å²) < 4.78 is 28.8. The van der Waals surface area contributed by atoms with E-state index in [4.69, 9.17) is 0 Å². The van der Waals surface area contributed by atoms with Gasteiger partial charge in [-0.05, 0) is 47.6 Å². The zero-order valence-corrected chi connectivity index (χ0v) is 20.7. The average molecular weight is 490 g/mol. The second kappa shape index (κ2) is 9.82. The van der Waals surface area contributed by atoms with Gasteiger partial charge in [0, 0.05) is 42.7 Å². The molecule has 3 heterocycles. The number of carbonyl (C=O) groups excluding carboxylic acids is 1. The second-order valence-corrected chi connectivity index (χ2v) is 11.6. The van der Waals surface area contributed by atoms with Crippen LogP contribution in [0.15, 0.2) is 53.7 Å². The van der Waals surface area contributed by atoms with Gasteiger partial charge >= 0.3 is 0 Å². The van der Waals surface area contributed by atoms with Crippen molar-refractivity contribution in [1.29, 1.82) is 0 Å². The first-order valence-corrected chi connectivity index (χ1v) is 14.1. The first-order valence-electron chi connectivity index (χ1n) is 10.7. The topological polar surface area (TPSA) is 71.4 Å². The van der Waals surface area contributed by atoms with E-state index in [1.165, 1.54) is 9.18 Å². The molecule has 1 aliphatic heterocycles. The predicted octanol–water partition coefficient (Wildman–Crippen LogP) is 4.29. The standard InChI is InChI=1S/C23H27N3O3S3/c1-3-26(4-2)32(28,29)18-9-7-17(8-10-18)15-24-22(27)21-19-11-14-30-16-20(19)31-23(21)25-12-5-6-13-25/h5-10,12-13H,3-4,11,14-16H2,1-2H3,(H,24,27). The van der Waals surface area contributed by atoms with E-state index < -0.39 is 10.0 Å². The maximum atomic E-state index is 13.2. The number of rotatable bonds is 8. The van der Waals surface area contributed by atoms with Gasteiger partial charge in [0.15, 0.2) is 0 Å². The van der Waals surface area contributed by atoms with Gasteiger partial charge in [0.1, 0.15) is 5.00 Å². The summed E-state index contributed by atoms with van der Waals surface area (Å²) in [6, 6.07) is 10.7. The molecule has 0 atom stereocenters. The molecule has 4 rings (SSSR count). The van der Waals surface area contributed by atoms with E-state index in [0.29, 0.717) is 19.6 Å². The monoisotopic (exact) mass is 489 g/mol. The largest absolute Gasteiger partial charge is 0.348 e. The Morgan fingerprint density at radius 2 is 1.81 bits per heavy atom. The number of thiophene rings is 1. The molecular formula is C23H27N3O3S3. The number of nitrogens with one attached hydrogen (secondary N) is 1. The van der Waals surface area contributed by atoms with Crippen LogP contribution >= 0.6 is 23.1 Å². The lowest BCUT2D eigenvalue weighted by molar-refractivity contribution is 0.0950. The van der Waals surface area contributed by atoms with Crippen molar-refractivity contribution in [3.05, 3.63) is 70.4 Å². The summed E-state index contributed by atoms with van der Waals surface area (Å²) in [5.74, 6) is 1.89. The molecule has 1 aromatic carbocycles. The number of hydrogen-bond donors (Lipinski definition) is 1. The summed E-state index contributed by atoms with van der Waals surface area (Å²) in [4.78, 5) is 14.8. The first kappa shape index (κ1) is 23.1. The lowest BCUT2D eigenvalue weighted by atomic mass is 10.1. The molecule has 1 aliphatic rings. The van der Waals surface area contributed by atoms with Crippen molar-refractivity contribution in [3.63, 3.8) is 0 Å². The molecule has 0 bridgehead atoms. The fourth-order valence-electron chi connectivity index (χ4n) is 3.87. The molecule has 2 aromatic heterocycles. The van der Waals surface area contributed by atoms with Crippen LogP contribution in [0.3, 0.4) is 0 Å². The lowest BCUT2D eigenvalue weighted by Crippen LogP contribution is -2.30. The lowest BCUT2D eigenvalue weighted by Gasteiger charge is -2.18. The normalized spacial score (nSPS) is 13.8. The van der Waals surface area contributed by atoms with Gasteiger partial charge in [-0.25, -0.2) is 8.42 Å². The van der Waals surface area contributed by atoms with Gasteiger partial charge in [-0.3, -0.25) is 4.79 Å². The Hall–Kier alpha value is -2.07. The van der Waals surface area contributed by atoms with Crippen LogP contribution in [0.2, 0.25) is 0 Å². The van der Waals surface area contributed by atoms with E-state index in [-0.39, 0.29) is 10.8 Å². The zero-order valence-electron chi connectivity index (χ0n) is 18.2. The van der Waals surface area contributed by atoms with Crippen molar-refractivity contribution in [3.8, 4) is 5.00 Å². The smallest absolute Gasteiger partial charge is 0.254 e. The number of aromatic nitrogens is 1. The molecule has 1 N–H and O–H groups in total. The van der Waals surface area contributed by atoms with Crippen LogP contribution in [0.1, 0.15) is 40.2 Å². The van der Waals surface area contributed by atoms with Gasteiger partial charge in [-0.15, -0.1) is 11.3 Å². The number of fused-ring (bicyclic) bond motifs is 1. The molecule has 6 nitrogen and oxygen atoms in total. The molecule has 0 fully saturated rings. The minimum Gasteiger partial charge on any atom is -0.348 e. The van der Waals surface area contributed by atoms with Crippen molar-refractivity contribution in [1.82, 2.24) is 14.2 Å². The predicted molar refractivity (Wildman–Crippen MR) is 131 cm³/mol. The molecule has 0 saturated heterocycles. The Morgan fingerprint density at radius 1 is 1.12 bits per heavy atom. The van der Waals surface area contributed by atoms with Gasteiger partial charge < -0.3 is 9.88 Å². The van der Waals surface area contributed by atoms with Crippen molar-refractivity contribution < 1.29 is 13.2 Å². The molecule has 0 spiro atoms. The van der Waals surface area contributed by atoms with Gasteiger partial charge in [0.25, 0.3) is 5.91 Å². The van der Waals surface area contributed by atoms with Crippen LogP contribution in [0.4, 0.5) is 0 Å². The molecule has 0 saturated carbocycles. The van der Waals surface area contributed by atoms with E-state index in [1.807, 2.05) is 54.7 Å². The molecule has 1 amide bonds. The summed E-state index contributed by atoms with van der Waals surface area (Å²) in [6.45, 7) is 4.87. The van der Waals surface area contributed by atoms with Crippen LogP contribution < -0.4 is 5.32 Å². The molecule has 3 aromatic rings. The zero-order chi connectivity index (χ0) is 22.7. The Labute approximate surface area is 197 Å². The molecule has 0 radical (unpaired) electrons. The highest BCUT2D eigenvalue weighted by molar-refractivity contribution is 7.98. The van der Waals surface area contributed by atoms with E-state index in [0.717, 1.165) is 39.6 Å². The quantitative estimate of drug-likeness (QED) is 0.512. The van der Waals surface area contributed by atoms with Gasteiger partial charge in [0.05, 0.1) is 10.5 Å². The Balaban J connectivity index is 1.52. The Morgan fingerprint density at radius 3 is 2.47 bits per heavy atom. The summed E-state index contributed by atoms with van der Waals surface area (Å²) in [6.07, 6.45) is 4.84. The number of hydrogen-bond acceptors (Lipinski definition) is 5. The van der Waals surface area contributed by atoms with E-state index >= 15 is 0 Å². The summed E-state index contributed by atoms with van der Waals surface area (Å²) in [7, 11) is -3.48. The SMILES string of the molecule is CCN(CC)S(=O)(=O)c1ccc(CNC(=O)c2c(-n3cccc3)sc3c2CCSC3)cc1. The number of amides is 1. The van der Waals surface area contributed by atoms with Crippen molar-refractivity contribution in [2.45, 2.75) is 37.5 Å². The molecular weight excluding hydrogens is 462 g/mol. The number of thioether (sulfide) groups is 1. The fraction of sp³-hybridized carbons (Fsp3) is 0.348. The van der Waals surface area contributed by atoms with Crippen LogP contribution in [0.25, 0.3) is 5.00 Å². The van der Waals surface area contributed by atoms with Crippen molar-refractivity contribution >= 4 is 39.0 Å². The summed E-state index contributed by atoms with van der Waals surface area (Å²) in [5.41, 5.74) is 2.79. The van der Waals surface area contributed by atoms with Gasteiger partial charge in [-0.1, -0.05) is 26.0 Å². The van der Waals surface area contributed by atoms with E-state index in [2.05, 4.69) is 5.32 Å². The highest BCUT2D eigenvalue weighted by Crippen LogP contribution is 2.38. The third-order valence-corrected chi connectivity index (χ3v) is 10.1. The van der Waals surface area contributed by atoms with Crippen molar-refractivity contribution in [2.75, 3.05) is 18.8 Å². The van der Waals surface area contributed by atoms with Crippen LogP contribution in [-0.4, -0.2) is 42.0 Å². The third kappa shape index (κ3) is 4.52. The number of nitrogens with zero attached hydrogens (tertiary/aromatic N) is 2.